The zero-order valence-corrected chi connectivity index (χ0v) is 13.1. The van der Waals surface area contributed by atoms with Gasteiger partial charge in [-0.05, 0) is 49.6 Å². The monoisotopic (exact) mass is 296 g/mol. The predicted octanol–water partition coefficient (Wildman–Crippen LogP) is 3.14. The van der Waals surface area contributed by atoms with Crippen LogP contribution in [0.5, 0.6) is 5.75 Å². The first-order valence-corrected chi connectivity index (χ1v) is 7.13. The molecule has 0 unspecified atom stereocenters. The summed E-state index contributed by atoms with van der Waals surface area (Å²) in [5, 5.41) is 3.96. The molecule has 0 aromatic heterocycles. The number of benzene rings is 2. The van der Waals surface area contributed by atoms with E-state index in [1.54, 1.807) is 6.21 Å². The average Bonchev–Trinajstić information content (AvgIpc) is 2.47. The molecular formula is C18H20N2O2. The number of rotatable bonds is 5. The fourth-order valence-electron chi connectivity index (χ4n) is 2.03. The minimum atomic E-state index is -0.289. The van der Waals surface area contributed by atoms with Gasteiger partial charge in [0.2, 0.25) is 0 Å². The molecule has 1 N–H and O–H groups in total. The van der Waals surface area contributed by atoms with Gasteiger partial charge in [0.25, 0.3) is 5.91 Å². The van der Waals surface area contributed by atoms with Crippen LogP contribution in [0, 0.1) is 20.8 Å². The highest BCUT2D eigenvalue weighted by atomic mass is 16.5. The maximum Gasteiger partial charge on any atom is 0.277 e. The van der Waals surface area contributed by atoms with Crippen molar-refractivity contribution < 1.29 is 9.53 Å². The number of nitrogens with zero attached hydrogens (tertiary/aromatic N) is 1. The van der Waals surface area contributed by atoms with Crippen LogP contribution in [0.2, 0.25) is 0 Å². The van der Waals surface area contributed by atoms with Gasteiger partial charge in [0.05, 0.1) is 6.21 Å². The number of hydrogen-bond acceptors (Lipinski definition) is 3. The molecule has 0 fully saturated rings. The van der Waals surface area contributed by atoms with Crippen molar-refractivity contribution in [1.29, 1.82) is 0 Å². The number of nitrogens with one attached hydrogen (secondary N) is 1. The Morgan fingerprint density at radius 2 is 1.91 bits per heavy atom. The summed E-state index contributed by atoms with van der Waals surface area (Å²) in [7, 11) is 0. The van der Waals surface area contributed by atoms with Crippen molar-refractivity contribution in [3.63, 3.8) is 0 Å². The molecule has 0 saturated heterocycles. The number of carbonyl (C=O) groups excluding carboxylic acids is 1. The van der Waals surface area contributed by atoms with E-state index >= 15 is 0 Å². The molecule has 0 bridgehead atoms. The van der Waals surface area contributed by atoms with Gasteiger partial charge in [0.1, 0.15) is 5.75 Å². The van der Waals surface area contributed by atoms with E-state index in [4.69, 9.17) is 4.74 Å². The Labute approximate surface area is 130 Å². The second-order valence-electron chi connectivity index (χ2n) is 5.26. The quantitative estimate of drug-likeness (QED) is 0.680. The second kappa shape index (κ2) is 7.41. The van der Waals surface area contributed by atoms with Crippen LogP contribution in [0.25, 0.3) is 0 Å². The number of hydrazone groups is 1. The molecule has 0 aliphatic rings. The summed E-state index contributed by atoms with van der Waals surface area (Å²) in [6.45, 7) is 5.96. The predicted molar refractivity (Wildman–Crippen MR) is 88.3 cm³/mol. The molecule has 0 aliphatic carbocycles. The lowest BCUT2D eigenvalue weighted by Crippen LogP contribution is -2.24. The van der Waals surface area contributed by atoms with Crippen LogP contribution in [0.3, 0.4) is 0 Å². The molecule has 0 atom stereocenters. The molecule has 1 amide bonds. The van der Waals surface area contributed by atoms with Crippen LogP contribution in [0.1, 0.15) is 22.3 Å². The Hall–Kier alpha value is -2.62. The third-order valence-electron chi connectivity index (χ3n) is 3.18. The van der Waals surface area contributed by atoms with Gasteiger partial charge in [-0.25, -0.2) is 5.43 Å². The van der Waals surface area contributed by atoms with Gasteiger partial charge in [-0.3, -0.25) is 4.79 Å². The second-order valence-corrected chi connectivity index (χ2v) is 5.26. The van der Waals surface area contributed by atoms with Crippen molar-refractivity contribution >= 4 is 12.1 Å². The highest BCUT2D eigenvalue weighted by molar-refractivity contribution is 5.84. The van der Waals surface area contributed by atoms with Gasteiger partial charge in [0, 0.05) is 0 Å². The lowest BCUT2D eigenvalue weighted by molar-refractivity contribution is -0.123. The summed E-state index contributed by atoms with van der Waals surface area (Å²) in [6.07, 6.45) is 1.64. The standard InChI is InChI=1S/C18H20N2O2/c1-13-5-4-6-17(10-13)22-12-18(21)20-19-11-16-8-7-14(2)9-15(16)3/h4-11H,12H2,1-3H3,(H,20,21). The molecule has 22 heavy (non-hydrogen) atoms. The summed E-state index contributed by atoms with van der Waals surface area (Å²) in [5.41, 5.74) is 6.85. The zero-order valence-electron chi connectivity index (χ0n) is 13.1. The van der Waals surface area contributed by atoms with Crippen molar-refractivity contribution in [2.24, 2.45) is 5.10 Å². The van der Waals surface area contributed by atoms with Gasteiger partial charge < -0.3 is 4.74 Å². The fraction of sp³-hybridized carbons (Fsp3) is 0.222. The molecule has 0 saturated carbocycles. The van der Waals surface area contributed by atoms with Crippen molar-refractivity contribution in [2.45, 2.75) is 20.8 Å². The molecule has 0 spiro atoms. The summed E-state index contributed by atoms with van der Waals surface area (Å²) >= 11 is 0. The Balaban J connectivity index is 1.83. The van der Waals surface area contributed by atoms with E-state index in [0.29, 0.717) is 5.75 Å². The lowest BCUT2D eigenvalue weighted by Gasteiger charge is -2.05. The van der Waals surface area contributed by atoms with Gasteiger partial charge in [-0.15, -0.1) is 0 Å². The Morgan fingerprint density at radius 1 is 1.14 bits per heavy atom. The summed E-state index contributed by atoms with van der Waals surface area (Å²) < 4.78 is 5.40. The Morgan fingerprint density at radius 3 is 2.64 bits per heavy atom. The fourth-order valence-corrected chi connectivity index (χ4v) is 2.03. The largest absolute Gasteiger partial charge is 0.484 e. The van der Waals surface area contributed by atoms with Crippen LogP contribution < -0.4 is 10.2 Å². The number of amides is 1. The molecular weight excluding hydrogens is 276 g/mol. The Kier molecular flexibility index (Phi) is 5.31. The van der Waals surface area contributed by atoms with Gasteiger partial charge >= 0.3 is 0 Å². The molecule has 0 heterocycles. The molecule has 114 valence electrons. The minimum absolute atomic E-state index is 0.0618. The number of hydrogen-bond donors (Lipinski definition) is 1. The molecule has 2 aromatic rings. The van der Waals surface area contributed by atoms with E-state index in [2.05, 4.69) is 16.6 Å². The highest BCUT2D eigenvalue weighted by Gasteiger charge is 2.01. The van der Waals surface area contributed by atoms with Crippen molar-refractivity contribution in [3.05, 3.63) is 64.7 Å². The molecule has 0 aliphatic heterocycles. The SMILES string of the molecule is Cc1cccc(OCC(=O)NN=Cc2ccc(C)cc2C)c1. The molecule has 2 aromatic carbocycles. The average molecular weight is 296 g/mol. The normalized spacial score (nSPS) is 10.7. The van der Waals surface area contributed by atoms with E-state index < -0.39 is 0 Å². The van der Waals surface area contributed by atoms with E-state index in [9.17, 15) is 4.79 Å². The smallest absolute Gasteiger partial charge is 0.277 e. The van der Waals surface area contributed by atoms with E-state index in [1.165, 1.54) is 5.56 Å². The lowest BCUT2D eigenvalue weighted by atomic mass is 10.1. The van der Waals surface area contributed by atoms with Crippen LogP contribution in [-0.4, -0.2) is 18.7 Å². The number of carbonyl (C=O) groups is 1. The minimum Gasteiger partial charge on any atom is -0.484 e. The first-order chi connectivity index (χ1) is 10.5. The van der Waals surface area contributed by atoms with Gasteiger partial charge in [-0.1, -0.05) is 35.9 Å². The van der Waals surface area contributed by atoms with Crippen molar-refractivity contribution in [1.82, 2.24) is 5.43 Å². The van der Waals surface area contributed by atoms with Crippen LogP contribution in [0.4, 0.5) is 0 Å². The van der Waals surface area contributed by atoms with Gasteiger partial charge in [-0.2, -0.15) is 5.10 Å². The van der Waals surface area contributed by atoms with Crippen LogP contribution >= 0.6 is 0 Å². The zero-order chi connectivity index (χ0) is 15.9. The topological polar surface area (TPSA) is 50.7 Å². The third-order valence-corrected chi connectivity index (χ3v) is 3.18. The van der Waals surface area contributed by atoms with E-state index in [1.807, 2.05) is 57.2 Å². The summed E-state index contributed by atoms with van der Waals surface area (Å²) in [4.78, 5) is 11.7. The first kappa shape index (κ1) is 15.8. The molecule has 2 rings (SSSR count). The summed E-state index contributed by atoms with van der Waals surface area (Å²) in [5.74, 6) is 0.385. The number of ether oxygens (including phenoxy) is 1. The van der Waals surface area contributed by atoms with Crippen molar-refractivity contribution in [3.8, 4) is 5.75 Å². The van der Waals surface area contributed by atoms with Gasteiger partial charge in [0.15, 0.2) is 6.61 Å². The highest BCUT2D eigenvalue weighted by Crippen LogP contribution is 2.12. The van der Waals surface area contributed by atoms with Crippen LogP contribution in [-0.2, 0) is 4.79 Å². The molecule has 4 heteroatoms. The summed E-state index contributed by atoms with van der Waals surface area (Å²) in [6, 6.07) is 13.6. The van der Waals surface area contributed by atoms with Crippen LogP contribution in [0.15, 0.2) is 47.6 Å². The Bertz CT molecular complexity index is 693. The maximum absolute atomic E-state index is 11.7. The maximum atomic E-state index is 11.7. The van der Waals surface area contributed by atoms with Crippen molar-refractivity contribution in [2.75, 3.05) is 6.61 Å². The van der Waals surface area contributed by atoms with E-state index in [0.717, 1.165) is 16.7 Å². The first-order valence-electron chi connectivity index (χ1n) is 7.13. The third kappa shape index (κ3) is 4.74. The number of aryl methyl sites for hydroxylation is 3. The molecule has 4 nitrogen and oxygen atoms in total. The van der Waals surface area contributed by atoms with E-state index in [-0.39, 0.29) is 12.5 Å². The molecule has 0 radical (unpaired) electrons.